The lowest BCUT2D eigenvalue weighted by molar-refractivity contribution is 0.201. The molecule has 7 heteroatoms. The van der Waals surface area contributed by atoms with Crippen molar-refractivity contribution in [2.75, 3.05) is 6.61 Å². The van der Waals surface area contributed by atoms with E-state index in [0.29, 0.717) is 17.7 Å². The lowest BCUT2D eigenvalue weighted by Gasteiger charge is -2.22. The number of rotatable bonds is 8. The zero-order valence-electron chi connectivity index (χ0n) is 20.1. The van der Waals surface area contributed by atoms with E-state index in [4.69, 9.17) is 14.5 Å². The molecule has 0 N–H and O–H groups in total. The van der Waals surface area contributed by atoms with Crippen LogP contribution in [-0.4, -0.2) is 28.6 Å². The highest BCUT2D eigenvalue weighted by Crippen LogP contribution is 2.35. The third-order valence-corrected chi connectivity index (χ3v) is 7.10. The summed E-state index contributed by atoms with van der Waals surface area (Å²) in [6.45, 7) is 6.64. The molecular weight excluding hydrogens is 541 g/mol. The molecule has 2 aromatic carbocycles. The highest BCUT2D eigenvalue weighted by molar-refractivity contribution is 14.1. The average Bonchev–Trinajstić information content (AvgIpc) is 2.86. The topological polar surface area (TPSA) is 65.7 Å². The molecule has 1 aliphatic rings. The normalized spacial score (nSPS) is 15.6. The molecule has 4 rings (SSSR count). The third kappa shape index (κ3) is 5.45. The largest absolute Gasteiger partial charge is 0.490 e. The van der Waals surface area contributed by atoms with Crippen molar-refractivity contribution in [3.05, 3.63) is 61.7 Å². The van der Waals surface area contributed by atoms with E-state index in [-0.39, 0.29) is 17.6 Å². The Bertz CT molecular complexity index is 1230. The standard InChI is InChI=1S/C27H32IN3O3/c1-4-18(3)34-25-22(28)15-19(16-24(25)33-5-2)17-29-31-26(20-11-7-6-8-12-20)30-23-14-10-9-13-21(23)27(31)32/h9-10,13-18,20H,4-8,11-12H2,1-3H3/t18-/m0/s1. The predicted molar refractivity (Wildman–Crippen MR) is 146 cm³/mol. The number of hydrogen-bond donors (Lipinski definition) is 0. The van der Waals surface area contributed by atoms with E-state index in [2.05, 4.69) is 34.6 Å². The molecule has 0 unspecified atom stereocenters. The maximum Gasteiger partial charge on any atom is 0.282 e. The van der Waals surface area contributed by atoms with Gasteiger partial charge in [-0.1, -0.05) is 38.3 Å². The van der Waals surface area contributed by atoms with Gasteiger partial charge in [0.05, 0.1) is 33.4 Å². The van der Waals surface area contributed by atoms with E-state index in [1.54, 1.807) is 6.21 Å². The summed E-state index contributed by atoms with van der Waals surface area (Å²) in [4.78, 5) is 18.3. The second-order valence-electron chi connectivity index (χ2n) is 8.78. The Kier molecular flexibility index (Phi) is 8.24. The first kappa shape index (κ1) is 24.7. The first-order valence-corrected chi connectivity index (χ1v) is 13.3. The van der Waals surface area contributed by atoms with Crippen LogP contribution >= 0.6 is 22.6 Å². The molecule has 0 saturated heterocycles. The predicted octanol–water partition coefficient (Wildman–Crippen LogP) is 6.51. The van der Waals surface area contributed by atoms with Crippen LogP contribution in [0.15, 0.2) is 46.3 Å². The minimum absolute atomic E-state index is 0.0903. The first-order chi connectivity index (χ1) is 16.5. The van der Waals surface area contributed by atoms with Gasteiger partial charge in [-0.25, -0.2) is 4.98 Å². The van der Waals surface area contributed by atoms with Crippen LogP contribution in [0.3, 0.4) is 0 Å². The van der Waals surface area contributed by atoms with Crippen molar-refractivity contribution in [2.45, 2.75) is 71.3 Å². The molecule has 1 aromatic heterocycles. The summed E-state index contributed by atoms with van der Waals surface area (Å²) in [7, 11) is 0. The maximum atomic E-state index is 13.4. The number of benzene rings is 2. The van der Waals surface area contributed by atoms with Crippen molar-refractivity contribution in [3.8, 4) is 11.5 Å². The molecule has 6 nitrogen and oxygen atoms in total. The molecule has 1 fully saturated rings. The van der Waals surface area contributed by atoms with Crippen LogP contribution in [0.5, 0.6) is 11.5 Å². The van der Waals surface area contributed by atoms with Crippen molar-refractivity contribution in [1.29, 1.82) is 0 Å². The lowest BCUT2D eigenvalue weighted by Crippen LogP contribution is -2.25. The highest BCUT2D eigenvalue weighted by Gasteiger charge is 2.22. The molecule has 0 aliphatic heterocycles. The SMILES string of the molecule is CCOc1cc(C=Nn2c(C3CCCCC3)nc3ccccc3c2=O)cc(I)c1O[C@@H](C)CC. The second kappa shape index (κ2) is 11.3. The number of hydrogen-bond acceptors (Lipinski definition) is 5. The summed E-state index contributed by atoms with van der Waals surface area (Å²) in [5.74, 6) is 2.44. The molecule has 1 aliphatic carbocycles. The Morgan fingerprint density at radius 3 is 2.71 bits per heavy atom. The number of nitrogens with zero attached hydrogens (tertiary/aromatic N) is 3. The van der Waals surface area contributed by atoms with Crippen molar-refractivity contribution in [3.63, 3.8) is 0 Å². The van der Waals surface area contributed by atoms with Gasteiger partial charge >= 0.3 is 0 Å². The summed E-state index contributed by atoms with van der Waals surface area (Å²) in [5.41, 5.74) is 1.46. The van der Waals surface area contributed by atoms with Gasteiger partial charge in [-0.2, -0.15) is 9.78 Å². The number of halogens is 1. The van der Waals surface area contributed by atoms with Crippen LogP contribution in [0.1, 0.15) is 76.6 Å². The Hall–Kier alpha value is -2.42. The number of para-hydroxylation sites is 1. The van der Waals surface area contributed by atoms with Crippen LogP contribution in [0.4, 0.5) is 0 Å². The zero-order valence-corrected chi connectivity index (χ0v) is 22.2. The number of fused-ring (bicyclic) bond motifs is 1. The highest BCUT2D eigenvalue weighted by atomic mass is 127. The lowest BCUT2D eigenvalue weighted by atomic mass is 9.88. The van der Waals surface area contributed by atoms with Gasteiger partial charge in [0.2, 0.25) is 0 Å². The number of aromatic nitrogens is 2. The molecule has 0 spiro atoms. The fourth-order valence-corrected chi connectivity index (χ4v) is 5.08. The van der Waals surface area contributed by atoms with Crippen LogP contribution in [0, 0.1) is 3.57 Å². The summed E-state index contributed by atoms with van der Waals surface area (Å²) in [6.07, 6.45) is 8.35. The van der Waals surface area contributed by atoms with Crippen LogP contribution in [0.2, 0.25) is 0 Å². The Morgan fingerprint density at radius 1 is 1.21 bits per heavy atom. The third-order valence-electron chi connectivity index (χ3n) is 6.30. The smallest absolute Gasteiger partial charge is 0.282 e. The van der Waals surface area contributed by atoms with Crippen molar-refractivity contribution >= 4 is 39.7 Å². The fraction of sp³-hybridized carbons (Fsp3) is 0.444. The monoisotopic (exact) mass is 573 g/mol. The zero-order chi connectivity index (χ0) is 24.1. The van der Waals surface area contributed by atoms with Gasteiger partial charge in [0.15, 0.2) is 11.5 Å². The van der Waals surface area contributed by atoms with Gasteiger partial charge in [-0.15, -0.1) is 0 Å². The maximum absolute atomic E-state index is 13.4. The molecule has 0 bridgehead atoms. The van der Waals surface area contributed by atoms with E-state index in [1.807, 2.05) is 50.2 Å². The van der Waals surface area contributed by atoms with E-state index in [0.717, 1.165) is 58.3 Å². The summed E-state index contributed by atoms with van der Waals surface area (Å²) in [6, 6.07) is 11.4. The van der Waals surface area contributed by atoms with Crippen LogP contribution in [0.25, 0.3) is 10.9 Å². The quantitative estimate of drug-likeness (QED) is 0.228. The molecule has 0 amide bonds. The Labute approximate surface area is 214 Å². The van der Waals surface area contributed by atoms with Gasteiger partial charge in [-0.05, 0) is 85.5 Å². The van der Waals surface area contributed by atoms with Gasteiger partial charge in [-0.3, -0.25) is 4.79 Å². The Morgan fingerprint density at radius 2 is 1.97 bits per heavy atom. The van der Waals surface area contributed by atoms with Gasteiger partial charge in [0.1, 0.15) is 5.82 Å². The molecule has 0 radical (unpaired) electrons. The van der Waals surface area contributed by atoms with E-state index < -0.39 is 0 Å². The summed E-state index contributed by atoms with van der Waals surface area (Å²) < 4.78 is 14.5. The van der Waals surface area contributed by atoms with Crippen LogP contribution < -0.4 is 15.0 Å². The molecule has 3 aromatic rings. The van der Waals surface area contributed by atoms with E-state index >= 15 is 0 Å². The number of ether oxygens (including phenoxy) is 2. The van der Waals surface area contributed by atoms with Gasteiger partial charge < -0.3 is 9.47 Å². The second-order valence-corrected chi connectivity index (χ2v) is 9.95. The summed E-state index contributed by atoms with van der Waals surface area (Å²) in [5, 5.41) is 5.25. The van der Waals surface area contributed by atoms with Crippen molar-refractivity contribution < 1.29 is 9.47 Å². The molecule has 34 heavy (non-hydrogen) atoms. The van der Waals surface area contributed by atoms with Gasteiger partial charge in [0.25, 0.3) is 5.56 Å². The molecule has 1 saturated carbocycles. The van der Waals surface area contributed by atoms with E-state index in [1.165, 1.54) is 11.1 Å². The average molecular weight is 573 g/mol. The van der Waals surface area contributed by atoms with Gasteiger partial charge in [0, 0.05) is 5.92 Å². The molecule has 1 atom stereocenters. The summed E-state index contributed by atoms with van der Waals surface area (Å²) >= 11 is 2.27. The minimum atomic E-state index is -0.126. The van der Waals surface area contributed by atoms with E-state index in [9.17, 15) is 4.79 Å². The van der Waals surface area contributed by atoms with Crippen molar-refractivity contribution in [2.24, 2.45) is 5.10 Å². The fourth-order valence-electron chi connectivity index (χ4n) is 4.33. The molecule has 1 heterocycles. The minimum Gasteiger partial charge on any atom is -0.490 e. The molecule has 180 valence electrons. The molecular formula is C27H32IN3O3. The Balaban J connectivity index is 1.77. The van der Waals surface area contributed by atoms with Crippen LogP contribution in [-0.2, 0) is 0 Å². The van der Waals surface area contributed by atoms with Crippen molar-refractivity contribution in [1.82, 2.24) is 9.66 Å². The first-order valence-electron chi connectivity index (χ1n) is 12.2.